The largest absolute Gasteiger partial charge is 0.465 e. The van der Waals surface area contributed by atoms with Gasteiger partial charge in [-0.3, -0.25) is 9.59 Å². The van der Waals surface area contributed by atoms with Crippen molar-refractivity contribution in [3.05, 3.63) is 58.7 Å². The molecule has 0 aliphatic heterocycles. The first-order valence-electron chi connectivity index (χ1n) is 9.14. The number of aromatic nitrogens is 4. The third-order valence-corrected chi connectivity index (χ3v) is 4.54. The Bertz CT molecular complexity index is 1090. The van der Waals surface area contributed by atoms with Crippen molar-refractivity contribution < 1.29 is 23.9 Å². The van der Waals surface area contributed by atoms with Gasteiger partial charge in [0.15, 0.2) is 6.61 Å². The number of fused-ring (bicyclic) bond motifs is 1. The number of carbonyl (C=O) groups excluding carboxylic acids is 3. The zero-order valence-corrected chi connectivity index (χ0v) is 16.8. The molecule has 0 fully saturated rings. The van der Waals surface area contributed by atoms with Gasteiger partial charge in [-0.1, -0.05) is 12.1 Å². The number of rotatable bonds is 7. The first kappa shape index (κ1) is 20.9. The van der Waals surface area contributed by atoms with Gasteiger partial charge in [-0.05, 0) is 31.5 Å². The molecule has 3 aromatic rings. The smallest absolute Gasteiger partial charge is 0.337 e. The van der Waals surface area contributed by atoms with Crippen molar-refractivity contribution in [1.29, 1.82) is 0 Å². The Morgan fingerprint density at radius 1 is 1.13 bits per heavy atom. The molecule has 10 nitrogen and oxygen atoms in total. The third-order valence-electron chi connectivity index (χ3n) is 4.54. The molecule has 0 aliphatic carbocycles. The minimum atomic E-state index is -0.542. The van der Waals surface area contributed by atoms with E-state index in [9.17, 15) is 14.4 Å². The van der Waals surface area contributed by atoms with Crippen LogP contribution in [0.5, 0.6) is 0 Å². The van der Waals surface area contributed by atoms with E-state index in [1.54, 1.807) is 35.7 Å². The zero-order chi connectivity index (χ0) is 21.7. The van der Waals surface area contributed by atoms with E-state index in [4.69, 9.17) is 4.74 Å². The van der Waals surface area contributed by atoms with Crippen LogP contribution in [0.3, 0.4) is 0 Å². The Hall–Kier alpha value is -3.82. The second-order valence-electron chi connectivity index (χ2n) is 6.54. The summed E-state index contributed by atoms with van der Waals surface area (Å²) in [5.74, 6) is -0.944. The summed E-state index contributed by atoms with van der Waals surface area (Å²) in [6, 6.07) is 6.63. The maximum Gasteiger partial charge on any atom is 0.337 e. The molecule has 0 radical (unpaired) electrons. The molecule has 1 amide bonds. The van der Waals surface area contributed by atoms with Crippen molar-refractivity contribution in [2.75, 3.05) is 13.7 Å². The van der Waals surface area contributed by atoms with Gasteiger partial charge in [0, 0.05) is 23.5 Å². The molecule has 0 spiro atoms. The molecular weight excluding hydrogens is 390 g/mol. The Morgan fingerprint density at radius 3 is 2.57 bits per heavy atom. The lowest BCUT2D eigenvalue weighted by Crippen LogP contribution is -2.28. The summed E-state index contributed by atoms with van der Waals surface area (Å²) >= 11 is 0. The second-order valence-corrected chi connectivity index (χ2v) is 6.54. The number of esters is 2. The molecular formula is C20H21N5O5. The van der Waals surface area contributed by atoms with E-state index in [0.29, 0.717) is 22.6 Å². The molecule has 0 saturated heterocycles. The van der Waals surface area contributed by atoms with Crippen molar-refractivity contribution in [3.8, 4) is 0 Å². The second kappa shape index (κ2) is 9.12. The summed E-state index contributed by atoms with van der Waals surface area (Å²) in [7, 11) is 1.31. The number of nitrogens with zero attached hydrogens (tertiary/aromatic N) is 4. The molecule has 0 bridgehead atoms. The minimum Gasteiger partial charge on any atom is -0.465 e. The van der Waals surface area contributed by atoms with Gasteiger partial charge < -0.3 is 14.8 Å². The number of aryl methyl sites for hydroxylation is 2. The van der Waals surface area contributed by atoms with E-state index >= 15 is 0 Å². The van der Waals surface area contributed by atoms with Crippen LogP contribution in [0.1, 0.15) is 32.9 Å². The molecule has 1 aromatic carbocycles. The highest BCUT2D eigenvalue weighted by Gasteiger charge is 2.16. The standard InChI is InChI=1S/C20H21N5O5/c1-12-16(13(2)25-20(24-12)22-11-23-25)8-18(27)30-10-17(26)21-9-14-4-6-15(7-5-14)19(28)29-3/h4-7,11H,8-10H2,1-3H3,(H,21,26). The first-order chi connectivity index (χ1) is 14.4. The van der Waals surface area contributed by atoms with Crippen LogP contribution in [-0.2, 0) is 32.0 Å². The lowest BCUT2D eigenvalue weighted by molar-refractivity contribution is -0.147. The van der Waals surface area contributed by atoms with Gasteiger partial charge in [-0.15, -0.1) is 0 Å². The van der Waals surface area contributed by atoms with Crippen LogP contribution in [0.25, 0.3) is 5.78 Å². The number of nitrogens with one attached hydrogen (secondary N) is 1. The van der Waals surface area contributed by atoms with Crippen LogP contribution in [0.2, 0.25) is 0 Å². The van der Waals surface area contributed by atoms with E-state index in [-0.39, 0.29) is 13.0 Å². The average Bonchev–Trinajstić information content (AvgIpc) is 3.22. The first-order valence-corrected chi connectivity index (χ1v) is 9.14. The summed E-state index contributed by atoms with van der Waals surface area (Å²) < 4.78 is 11.3. The van der Waals surface area contributed by atoms with Crippen LogP contribution < -0.4 is 5.32 Å². The van der Waals surface area contributed by atoms with Crippen molar-refractivity contribution in [1.82, 2.24) is 24.9 Å². The van der Waals surface area contributed by atoms with Crippen molar-refractivity contribution in [3.63, 3.8) is 0 Å². The zero-order valence-electron chi connectivity index (χ0n) is 16.8. The number of hydrogen-bond acceptors (Lipinski definition) is 8. The van der Waals surface area contributed by atoms with Gasteiger partial charge in [0.05, 0.1) is 19.1 Å². The highest BCUT2D eigenvalue weighted by molar-refractivity contribution is 5.89. The molecule has 0 saturated carbocycles. The van der Waals surface area contributed by atoms with Gasteiger partial charge in [-0.25, -0.2) is 14.3 Å². The topological polar surface area (TPSA) is 125 Å². The van der Waals surface area contributed by atoms with Crippen LogP contribution >= 0.6 is 0 Å². The van der Waals surface area contributed by atoms with Gasteiger partial charge in [0.25, 0.3) is 11.7 Å². The Balaban J connectivity index is 1.49. The van der Waals surface area contributed by atoms with E-state index < -0.39 is 24.5 Å². The van der Waals surface area contributed by atoms with E-state index in [1.165, 1.54) is 13.4 Å². The Labute approximate surface area is 172 Å². The number of ether oxygens (including phenoxy) is 2. The predicted molar refractivity (Wildman–Crippen MR) is 105 cm³/mol. The number of benzene rings is 1. The van der Waals surface area contributed by atoms with Gasteiger partial charge in [0.1, 0.15) is 6.33 Å². The van der Waals surface area contributed by atoms with Gasteiger partial charge in [0.2, 0.25) is 0 Å². The van der Waals surface area contributed by atoms with Crippen LogP contribution in [0, 0.1) is 13.8 Å². The number of methoxy groups -OCH3 is 1. The molecule has 2 heterocycles. The maximum absolute atomic E-state index is 12.2. The molecule has 0 unspecified atom stereocenters. The highest BCUT2D eigenvalue weighted by Crippen LogP contribution is 2.14. The molecule has 3 rings (SSSR count). The monoisotopic (exact) mass is 411 g/mol. The van der Waals surface area contributed by atoms with Gasteiger partial charge >= 0.3 is 11.9 Å². The SMILES string of the molecule is COC(=O)c1ccc(CNC(=O)COC(=O)Cc2c(C)nc3ncnn3c2C)cc1. The number of hydrogen-bond donors (Lipinski definition) is 1. The summed E-state index contributed by atoms with van der Waals surface area (Å²) in [6.07, 6.45) is 1.37. The van der Waals surface area contributed by atoms with Crippen LogP contribution in [-0.4, -0.2) is 51.1 Å². The molecule has 10 heteroatoms. The fourth-order valence-corrected chi connectivity index (χ4v) is 2.88. The molecule has 156 valence electrons. The molecule has 0 atom stereocenters. The van der Waals surface area contributed by atoms with Crippen molar-refractivity contribution >= 4 is 23.6 Å². The fourth-order valence-electron chi connectivity index (χ4n) is 2.88. The van der Waals surface area contributed by atoms with Crippen molar-refractivity contribution in [2.45, 2.75) is 26.8 Å². The van der Waals surface area contributed by atoms with E-state index in [2.05, 4.69) is 25.1 Å². The molecule has 1 N–H and O–H groups in total. The molecule has 0 aliphatic rings. The third kappa shape index (κ3) is 4.77. The van der Waals surface area contributed by atoms with Gasteiger partial charge in [-0.2, -0.15) is 10.1 Å². The Morgan fingerprint density at radius 2 is 1.87 bits per heavy atom. The van der Waals surface area contributed by atoms with E-state index in [0.717, 1.165) is 11.3 Å². The highest BCUT2D eigenvalue weighted by atomic mass is 16.5. The maximum atomic E-state index is 12.2. The number of carbonyl (C=O) groups is 3. The summed E-state index contributed by atoms with van der Waals surface area (Å²) in [5.41, 5.74) is 3.30. The van der Waals surface area contributed by atoms with Crippen LogP contribution in [0.4, 0.5) is 0 Å². The van der Waals surface area contributed by atoms with E-state index in [1.807, 2.05) is 6.92 Å². The normalized spacial score (nSPS) is 10.6. The minimum absolute atomic E-state index is 0.0251. The molecule has 30 heavy (non-hydrogen) atoms. The lowest BCUT2D eigenvalue weighted by Gasteiger charge is -2.10. The average molecular weight is 411 g/mol. The number of amides is 1. The Kier molecular flexibility index (Phi) is 6.35. The summed E-state index contributed by atoms with van der Waals surface area (Å²) in [6.45, 7) is 3.44. The summed E-state index contributed by atoms with van der Waals surface area (Å²) in [5, 5.41) is 6.73. The lowest BCUT2D eigenvalue weighted by atomic mass is 10.1. The quantitative estimate of drug-likeness (QED) is 0.569. The fraction of sp³-hybridized carbons (Fsp3) is 0.300. The van der Waals surface area contributed by atoms with Crippen molar-refractivity contribution in [2.24, 2.45) is 0 Å². The molecule has 2 aromatic heterocycles. The summed E-state index contributed by atoms with van der Waals surface area (Å²) in [4.78, 5) is 43.9. The predicted octanol–water partition coefficient (Wildman–Crippen LogP) is 0.930. The van der Waals surface area contributed by atoms with Crippen LogP contribution in [0.15, 0.2) is 30.6 Å².